The van der Waals surface area contributed by atoms with E-state index in [-0.39, 0.29) is 17.9 Å². The van der Waals surface area contributed by atoms with Crippen LogP contribution in [0.1, 0.15) is 38.2 Å². The van der Waals surface area contributed by atoms with E-state index in [2.05, 4.69) is 5.32 Å². The van der Waals surface area contributed by atoms with Gasteiger partial charge in [-0.2, -0.15) is 5.26 Å². The number of carboxylic acids is 1. The van der Waals surface area contributed by atoms with E-state index in [0.29, 0.717) is 37.0 Å². The van der Waals surface area contributed by atoms with Crippen LogP contribution in [0.3, 0.4) is 0 Å². The molecule has 0 aromatic heterocycles. The molecule has 2 N–H and O–H groups in total. The molecule has 0 saturated heterocycles. The summed E-state index contributed by atoms with van der Waals surface area (Å²) in [5.74, 6) is -0.942. The van der Waals surface area contributed by atoms with Gasteiger partial charge in [-0.1, -0.05) is 12.1 Å². The maximum absolute atomic E-state index is 12.2. The fourth-order valence-corrected chi connectivity index (χ4v) is 2.71. The van der Waals surface area contributed by atoms with Gasteiger partial charge in [0.25, 0.3) is 5.91 Å². The first-order valence-corrected chi connectivity index (χ1v) is 7.70. The first-order valence-electron chi connectivity index (χ1n) is 7.70. The Labute approximate surface area is 135 Å². The van der Waals surface area contributed by atoms with Gasteiger partial charge in [-0.15, -0.1) is 0 Å². The molecule has 1 aromatic rings. The number of ether oxygens (including phenoxy) is 1. The van der Waals surface area contributed by atoms with Crippen LogP contribution in [0.25, 0.3) is 0 Å². The molecule has 0 bridgehead atoms. The first kappa shape index (κ1) is 16.8. The molecule has 0 aliphatic heterocycles. The molecule has 122 valence electrons. The van der Waals surface area contributed by atoms with Crippen molar-refractivity contribution in [2.24, 2.45) is 5.92 Å². The summed E-state index contributed by atoms with van der Waals surface area (Å²) in [5.41, 5.74) is 0.383. The Balaban J connectivity index is 1.86. The Hall–Kier alpha value is -2.55. The number of rotatable bonds is 5. The number of para-hydroxylation sites is 1. The minimum absolute atomic E-state index is 0.0182. The third kappa shape index (κ3) is 4.46. The van der Waals surface area contributed by atoms with Crippen molar-refractivity contribution < 1.29 is 19.4 Å². The van der Waals surface area contributed by atoms with Crippen LogP contribution >= 0.6 is 0 Å². The van der Waals surface area contributed by atoms with Crippen LogP contribution in [-0.4, -0.2) is 29.1 Å². The van der Waals surface area contributed by atoms with Gasteiger partial charge in [0, 0.05) is 6.04 Å². The smallest absolute Gasteiger partial charge is 0.306 e. The van der Waals surface area contributed by atoms with Crippen LogP contribution in [0.4, 0.5) is 0 Å². The van der Waals surface area contributed by atoms with E-state index >= 15 is 0 Å². The Morgan fingerprint density at radius 3 is 2.57 bits per heavy atom. The van der Waals surface area contributed by atoms with Crippen molar-refractivity contribution in [1.29, 1.82) is 5.26 Å². The van der Waals surface area contributed by atoms with Gasteiger partial charge in [-0.25, -0.2) is 0 Å². The predicted molar refractivity (Wildman–Crippen MR) is 82.8 cm³/mol. The number of carboxylic acid groups (broad SMARTS) is 1. The molecule has 1 aliphatic rings. The number of carbonyl (C=O) groups is 2. The van der Waals surface area contributed by atoms with Gasteiger partial charge in [0.2, 0.25) is 0 Å². The van der Waals surface area contributed by atoms with E-state index in [9.17, 15) is 9.59 Å². The third-order valence-corrected chi connectivity index (χ3v) is 4.10. The van der Waals surface area contributed by atoms with Gasteiger partial charge in [-0.05, 0) is 44.7 Å². The molecular formula is C17H20N2O4. The molecule has 1 aromatic carbocycles. The fraction of sp³-hybridized carbons (Fsp3) is 0.471. The zero-order valence-corrected chi connectivity index (χ0v) is 13.0. The van der Waals surface area contributed by atoms with Gasteiger partial charge in [0.05, 0.1) is 11.5 Å². The lowest BCUT2D eigenvalue weighted by Gasteiger charge is -2.28. The zero-order chi connectivity index (χ0) is 16.8. The minimum Gasteiger partial charge on any atom is -0.481 e. The number of nitriles is 1. The highest BCUT2D eigenvalue weighted by atomic mass is 16.5. The molecule has 0 radical (unpaired) electrons. The summed E-state index contributed by atoms with van der Waals surface area (Å²) >= 11 is 0. The summed E-state index contributed by atoms with van der Waals surface area (Å²) in [4.78, 5) is 23.1. The van der Waals surface area contributed by atoms with Gasteiger partial charge >= 0.3 is 5.97 Å². The largest absolute Gasteiger partial charge is 0.481 e. The van der Waals surface area contributed by atoms with Gasteiger partial charge < -0.3 is 15.2 Å². The summed E-state index contributed by atoms with van der Waals surface area (Å²) in [5, 5.41) is 20.9. The van der Waals surface area contributed by atoms with Crippen molar-refractivity contribution in [1.82, 2.24) is 5.32 Å². The quantitative estimate of drug-likeness (QED) is 0.866. The third-order valence-electron chi connectivity index (χ3n) is 4.10. The van der Waals surface area contributed by atoms with Crippen molar-refractivity contribution >= 4 is 11.9 Å². The number of nitrogens with one attached hydrogen (secondary N) is 1. The molecule has 1 aliphatic carbocycles. The molecular weight excluding hydrogens is 296 g/mol. The summed E-state index contributed by atoms with van der Waals surface area (Å²) in [7, 11) is 0. The highest BCUT2D eigenvalue weighted by Crippen LogP contribution is 2.24. The molecule has 1 saturated carbocycles. The lowest BCUT2D eigenvalue weighted by Crippen LogP contribution is -2.44. The molecule has 6 nitrogen and oxygen atoms in total. The second-order valence-corrected chi connectivity index (χ2v) is 5.76. The Morgan fingerprint density at radius 2 is 1.96 bits per heavy atom. The van der Waals surface area contributed by atoms with Gasteiger partial charge in [0.1, 0.15) is 11.8 Å². The van der Waals surface area contributed by atoms with Crippen LogP contribution in [0, 0.1) is 17.2 Å². The number of benzene rings is 1. The summed E-state index contributed by atoms with van der Waals surface area (Å²) in [6.07, 6.45) is 1.75. The van der Waals surface area contributed by atoms with E-state index in [4.69, 9.17) is 15.1 Å². The summed E-state index contributed by atoms with van der Waals surface area (Å²) < 4.78 is 5.57. The predicted octanol–water partition coefficient (Wildman–Crippen LogP) is 2.09. The molecule has 1 unspecified atom stereocenters. The number of hydrogen-bond donors (Lipinski definition) is 2. The van der Waals surface area contributed by atoms with Crippen molar-refractivity contribution in [3.63, 3.8) is 0 Å². The monoisotopic (exact) mass is 316 g/mol. The number of amides is 1. The molecule has 0 heterocycles. The summed E-state index contributed by atoms with van der Waals surface area (Å²) in [6.45, 7) is 1.63. The lowest BCUT2D eigenvalue weighted by atomic mass is 9.86. The molecule has 1 atom stereocenters. The molecule has 6 heteroatoms. The average molecular weight is 316 g/mol. The first-order chi connectivity index (χ1) is 11.0. The van der Waals surface area contributed by atoms with Crippen LogP contribution in [0.2, 0.25) is 0 Å². The molecule has 1 amide bonds. The Bertz CT molecular complexity index is 615. The second kappa shape index (κ2) is 7.63. The van der Waals surface area contributed by atoms with E-state index in [1.807, 2.05) is 6.07 Å². The molecule has 23 heavy (non-hydrogen) atoms. The number of carbonyl (C=O) groups excluding carboxylic acids is 1. The fourth-order valence-electron chi connectivity index (χ4n) is 2.71. The van der Waals surface area contributed by atoms with Gasteiger partial charge in [-0.3, -0.25) is 9.59 Å². The second-order valence-electron chi connectivity index (χ2n) is 5.76. The number of nitrogens with zero attached hydrogens (tertiary/aromatic N) is 1. The maximum Gasteiger partial charge on any atom is 0.306 e. The number of aliphatic carboxylic acids is 1. The SMILES string of the molecule is CC(Oc1ccccc1C#N)C(=O)NC1CCC(C(=O)O)CC1. The molecule has 1 fully saturated rings. The number of hydrogen-bond acceptors (Lipinski definition) is 4. The maximum atomic E-state index is 12.2. The van der Waals surface area contributed by atoms with Crippen LogP contribution in [-0.2, 0) is 9.59 Å². The highest BCUT2D eigenvalue weighted by molar-refractivity contribution is 5.81. The zero-order valence-electron chi connectivity index (χ0n) is 13.0. The Kier molecular flexibility index (Phi) is 5.58. The topological polar surface area (TPSA) is 99.4 Å². The van der Waals surface area contributed by atoms with E-state index in [0.717, 1.165) is 0 Å². The van der Waals surface area contributed by atoms with Crippen LogP contribution in [0.5, 0.6) is 5.75 Å². The normalized spacial score (nSPS) is 21.7. The molecule has 0 spiro atoms. The lowest BCUT2D eigenvalue weighted by molar-refractivity contribution is -0.142. The average Bonchev–Trinajstić information content (AvgIpc) is 2.55. The summed E-state index contributed by atoms with van der Waals surface area (Å²) in [6, 6.07) is 8.77. The van der Waals surface area contributed by atoms with E-state index < -0.39 is 12.1 Å². The Morgan fingerprint density at radius 1 is 1.30 bits per heavy atom. The van der Waals surface area contributed by atoms with Crippen molar-refractivity contribution in [3.8, 4) is 11.8 Å². The standard InChI is InChI=1S/C17H20N2O4/c1-11(23-15-5-3-2-4-13(15)10-18)16(20)19-14-8-6-12(7-9-14)17(21)22/h2-5,11-12,14H,6-9H2,1H3,(H,19,20)(H,21,22). The van der Waals surface area contributed by atoms with E-state index in [1.54, 1.807) is 31.2 Å². The van der Waals surface area contributed by atoms with E-state index in [1.165, 1.54) is 0 Å². The minimum atomic E-state index is -0.764. The van der Waals surface area contributed by atoms with Crippen LogP contribution in [0.15, 0.2) is 24.3 Å². The molecule has 2 rings (SSSR count). The van der Waals surface area contributed by atoms with Gasteiger partial charge in [0.15, 0.2) is 6.10 Å². The van der Waals surface area contributed by atoms with Crippen molar-refractivity contribution in [3.05, 3.63) is 29.8 Å². The van der Waals surface area contributed by atoms with Crippen molar-refractivity contribution in [2.75, 3.05) is 0 Å². The van der Waals surface area contributed by atoms with Crippen LogP contribution < -0.4 is 10.1 Å². The van der Waals surface area contributed by atoms with Crippen molar-refractivity contribution in [2.45, 2.75) is 44.8 Å². The highest BCUT2D eigenvalue weighted by Gasteiger charge is 2.28.